The highest BCUT2D eigenvalue weighted by atomic mass is 32.2. The summed E-state index contributed by atoms with van der Waals surface area (Å²) in [6, 6.07) is 3.71. The van der Waals surface area contributed by atoms with Crippen molar-refractivity contribution in [1.29, 1.82) is 0 Å². The molecule has 0 aliphatic carbocycles. The first-order chi connectivity index (χ1) is 7.68. The van der Waals surface area contributed by atoms with Crippen LogP contribution in [-0.2, 0) is 10.8 Å². The Bertz CT molecular complexity index is 385. The Morgan fingerprint density at radius 2 is 2.19 bits per heavy atom. The van der Waals surface area contributed by atoms with Crippen LogP contribution < -0.4 is 4.90 Å². The molecule has 5 heteroatoms. The molecule has 0 spiro atoms. The lowest BCUT2D eigenvalue weighted by Gasteiger charge is -2.29. The SMILES string of the molecule is C[C@H](O)c1cccnc1N1CCS(=O)CC1. The summed E-state index contributed by atoms with van der Waals surface area (Å²) in [6.07, 6.45) is 1.21. The van der Waals surface area contributed by atoms with Crippen molar-refractivity contribution in [3.63, 3.8) is 0 Å². The third-order valence-corrected chi connectivity index (χ3v) is 4.02. The minimum Gasteiger partial charge on any atom is -0.389 e. The quantitative estimate of drug-likeness (QED) is 0.827. The predicted molar refractivity (Wildman–Crippen MR) is 65.0 cm³/mol. The molecule has 0 aromatic carbocycles. The second-order valence-electron chi connectivity index (χ2n) is 3.93. The Balaban J connectivity index is 2.23. The number of aromatic nitrogens is 1. The van der Waals surface area contributed by atoms with E-state index in [0.29, 0.717) is 11.5 Å². The van der Waals surface area contributed by atoms with E-state index in [2.05, 4.69) is 9.88 Å². The Hall–Kier alpha value is -0.940. The fourth-order valence-electron chi connectivity index (χ4n) is 1.85. The molecule has 1 aliphatic heterocycles. The molecular weight excluding hydrogens is 224 g/mol. The van der Waals surface area contributed by atoms with Crippen LogP contribution in [0.1, 0.15) is 18.6 Å². The average molecular weight is 240 g/mol. The zero-order chi connectivity index (χ0) is 11.5. The molecular formula is C11H16N2O2S. The maximum atomic E-state index is 11.3. The van der Waals surface area contributed by atoms with Crippen LogP contribution in [0, 0.1) is 0 Å². The van der Waals surface area contributed by atoms with E-state index in [1.54, 1.807) is 13.1 Å². The lowest BCUT2D eigenvalue weighted by molar-refractivity contribution is 0.199. The van der Waals surface area contributed by atoms with Gasteiger partial charge in [-0.3, -0.25) is 4.21 Å². The molecule has 1 aromatic rings. The van der Waals surface area contributed by atoms with Crippen molar-refractivity contribution in [3.05, 3.63) is 23.9 Å². The number of aliphatic hydroxyl groups excluding tert-OH is 1. The van der Waals surface area contributed by atoms with Gasteiger partial charge in [-0.15, -0.1) is 0 Å². The first-order valence-corrected chi connectivity index (χ1v) is 6.90. The van der Waals surface area contributed by atoms with Gasteiger partial charge in [0.05, 0.1) is 6.10 Å². The molecule has 0 unspecified atom stereocenters. The van der Waals surface area contributed by atoms with E-state index in [1.165, 1.54) is 0 Å². The van der Waals surface area contributed by atoms with Gasteiger partial charge >= 0.3 is 0 Å². The van der Waals surface area contributed by atoms with Gasteiger partial charge in [0.25, 0.3) is 0 Å². The van der Waals surface area contributed by atoms with Crippen LogP contribution >= 0.6 is 0 Å². The number of hydrogen-bond donors (Lipinski definition) is 1. The molecule has 88 valence electrons. The molecule has 1 saturated heterocycles. The Labute approximate surface area is 97.8 Å². The highest BCUT2D eigenvalue weighted by Crippen LogP contribution is 2.24. The van der Waals surface area contributed by atoms with Crippen molar-refractivity contribution >= 4 is 16.6 Å². The van der Waals surface area contributed by atoms with E-state index < -0.39 is 16.9 Å². The number of pyridine rings is 1. The molecule has 0 radical (unpaired) electrons. The van der Waals surface area contributed by atoms with Crippen molar-refractivity contribution in [1.82, 2.24) is 4.98 Å². The van der Waals surface area contributed by atoms with Gasteiger partial charge in [0.15, 0.2) is 0 Å². The van der Waals surface area contributed by atoms with E-state index in [4.69, 9.17) is 0 Å². The third kappa shape index (κ3) is 2.41. The van der Waals surface area contributed by atoms with E-state index in [1.807, 2.05) is 12.1 Å². The number of anilines is 1. The average Bonchev–Trinajstić information content (AvgIpc) is 2.30. The molecule has 4 nitrogen and oxygen atoms in total. The van der Waals surface area contributed by atoms with Gasteiger partial charge in [-0.2, -0.15) is 0 Å². The Kier molecular flexibility index (Phi) is 3.56. The fourth-order valence-corrected chi connectivity index (χ4v) is 2.90. The van der Waals surface area contributed by atoms with Gasteiger partial charge in [-0.1, -0.05) is 6.07 Å². The standard InChI is InChI=1S/C11H16N2O2S/c1-9(14)10-3-2-4-12-11(10)13-5-7-16(15)8-6-13/h2-4,9,14H,5-8H2,1H3/t9-/m0/s1. The van der Waals surface area contributed by atoms with Crippen LogP contribution in [0.15, 0.2) is 18.3 Å². The molecule has 1 atom stereocenters. The van der Waals surface area contributed by atoms with Crippen LogP contribution in [0.3, 0.4) is 0 Å². The summed E-state index contributed by atoms with van der Waals surface area (Å²) in [7, 11) is -0.684. The van der Waals surface area contributed by atoms with Crippen molar-refractivity contribution in [2.45, 2.75) is 13.0 Å². The lowest BCUT2D eigenvalue weighted by atomic mass is 10.1. The van der Waals surface area contributed by atoms with Gasteiger partial charge in [-0.25, -0.2) is 4.98 Å². The molecule has 1 aromatic heterocycles. The summed E-state index contributed by atoms with van der Waals surface area (Å²) >= 11 is 0. The molecule has 1 N–H and O–H groups in total. The highest BCUT2D eigenvalue weighted by Gasteiger charge is 2.20. The van der Waals surface area contributed by atoms with Crippen molar-refractivity contribution in [2.75, 3.05) is 29.5 Å². The normalized spacial score (nSPS) is 19.8. The summed E-state index contributed by atoms with van der Waals surface area (Å²) in [6.45, 7) is 3.25. The van der Waals surface area contributed by atoms with Crippen molar-refractivity contribution < 1.29 is 9.32 Å². The maximum Gasteiger partial charge on any atom is 0.134 e. The van der Waals surface area contributed by atoms with Gasteiger partial charge in [-0.05, 0) is 13.0 Å². The Morgan fingerprint density at radius 1 is 1.50 bits per heavy atom. The summed E-state index contributed by atoms with van der Waals surface area (Å²) in [4.78, 5) is 6.42. The molecule has 16 heavy (non-hydrogen) atoms. The molecule has 2 heterocycles. The van der Waals surface area contributed by atoms with Gasteiger partial charge < -0.3 is 10.0 Å². The van der Waals surface area contributed by atoms with E-state index in [-0.39, 0.29) is 0 Å². The zero-order valence-electron chi connectivity index (χ0n) is 9.30. The number of aliphatic hydroxyl groups is 1. The minimum absolute atomic E-state index is 0.517. The van der Waals surface area contributed by atoms with Crippen molar-refractivity contribution in [3.8, 4) is 0 Å². The Morgan fingerprint density at radius 3 is 2.81 bits per heavy atom. The molecule has 0 saturated carbocycles. The van der Waals surface area contributed by atoms with Crippen LogP contribution in [-0.4, -0.2) is 38.9 Å². The molecule has 1 aliphatic rings. The third-order valence-electron chi connectivity index (χ3n) is 2.74. The molecule has 1 fully saturated rings. The predicted octanol–water partition coefficient (Wildman–Crippen LogP) is 0.704. The number of hydrogen-bond acceptors (Lipinski definition) is 4. The van der Waals surface area contributed by atoms with Crippen LogP contribution in [0.5, 0.6) is 0 Å². The summed E-state index contributed by atoms with van der Waals surface area (Å²) in [5.41, 5.74) is 0.843. The summed E-state index contributed by atoms with van der Waals surface area (Å²) in [5.74, 6) is 2.21. The smallest absolute Gasteiger partial charge is 0.134 e. The first-order valence-electron chi connectivity index (χ1n) is 5.41. The van der Waals surface area contributed by atoms with Gasteiger partial charge in [0.1, 0.15) is 5.82 Å². The van der Waals surface area contributed by atoms with E-state index in [0.717, 1.165) is 24.5 Å². The van der Waals surface area contributed by atoms with Crippen molar-refractivity contribution in [2.24, 2.45) is 0 Å². The van der Waals surface area contributed by atoms with Gasteiger partial charge in [0, 0.05) is 47.2 Å². The fraction of sp³-hybridized carbons (Fsp3) is 0.545. The number of rotatable bonds is 2. The molecule has 0 bridgehead atoms. The molecule has 0 amide bonds. The van der Waals surface area contributed by atoms with Crippen LogP contribution in [0.25, 0.3) is 0 Å². The monoisotopic (exact) mass is 240 g/mol. The molecule has 2 rings (SSSR count). The number of nitrogens with zero attached hydrogens (tertiary/aromatic N) is 2. The second kappa shape index (κ2) is 4.93. The first kappa shape index (κ1) is 11.5. The minimum atomic E-state index is -0.684. The highest BCUT2D eigenvalue weighted by molar-refractivity contribution is 7.85. The maximum absolute atomic E-state index is 11.3. The summed E-state index contributed by atoms with van der Waals surface area (Å²) < 4.78 is 11.3. The van der Waals surface area contributed by atoms with Crippen LogP contribution in [0.2, 0.25) is 0 Å². The van der Waals surface area contributed by atoms with Crippen LogP contribution in [0.4, 0.5) is 5.82 Å². The van der Waals surface area contributed by atoms with Gasteiger partial charge in [0.2, 0.25) is 0 Å². The lowest BCUT2D eigenvalue weighted by Crippen LogP contribution is -2.38. The zero-order valence-corrected chi connectivity index (χ0v) is 10.1. The van der Waals surface area contributed by atoms with E-state index >= 15 is 0 Å². The second-order valence-corrected chi connectivity index (χ2v) is 5.62. The van der Waals surface area contributed by atoms with E-state index in [9.17, 15) is 9.32 Å². The largest absolute Gasteiger partial charge is 0.389 e. The summed E-state index contributed by atoms with van der Waals surface area (Å²) in [5, 5.41) is 9.66. The topological polar surface area (TPSA) is 53.4 Å².